The Morgan fingerprint density at radius 1 is 1.03 bits per heavy atom. The largest absolute Gasteiger partial charge is 0.497 e. The molecule has 1 amide bonds. The molecule has 0 atom stereocenters. The molecule has 8 heteroatoms. The first-order chi connectivity index (χ1) is 15.5. The van der Waals surface area contributed by atoms with E-state index in [2.05, 4.69) is 10.3 Å². The van der Waals surface area contributed by atoms with E-state index in [1.54, 1.807) is 43.5 Å². The Morgan fingerprint density at radius 2 is 1.78 bits per heavy atom. The number of para-hydroxylation sites is 2. The summed E-state index contributed by atoms with van der Waals surface area (Å²) in [5.74, 6) is 0.976. The number of anilines is 1. The second kappa shape index (κ2) is 9.07. The van der Waals surface area contributed by atoms with Crippen molar-refractivity contribution in [1.82, 2.24) is 9.55 Å². The van der Waals surface area contributed by atoms with E-state index >= 15 is 0 Å². The fourth-order valence-corrected chi connectivity index (χ4v) is 3.65. The average Bonchev–Trinajstić information content (AvgIpc) is 2.82. The number of nitrogens with zero attached hydrogens (tertiary/aromatic N) is 1. The molecule has 7 nitrogen and oxygen atoms in total. The molecule has 1 heterocycles. The van der Waals surface area contributed by atoms with E-state index in [0.29, 0.717) is 34.4 Å². The molecule has 0 spiro atoms. The molecule has 0 bridgehead atoms. The molecule has 0 aliphatic heterocycles. The molecule has 32 heavy (non-hydrogen) atoms. The lowest BCUT2D eigenvalue weighted by Gasteiger charge is -2.11. The zero-order chi connectivity index (χ0) is 22.7. The van der Waals surface area contributed by atoms with Crippen LogP contribution in [0.4, 0.5) is 5.69 Å². The van der Waals surface area contributed by atoms with Crippen LogP contribution in [0.25, 0.3) is 10.9 Å². The minimum Gasteiger partial charge on any atom is -0.497 e. The standard InChI is InChI=1S/C24H21N3O4S/c1-30-17-10-7-15(8-11-17)14-27-23(29)18-12-9-16(13-20(18)26-24(27)32)22(28)25-19-5-3-4-6-21(19)31-2/h3-13H,14H2,1-2H3,(H,25,28)(H,26,32). The lowest BCUT2D eigenvalue weighted by atomic mass is 10.1. The summed E-state index contributed by atoms with van der Waals surface area (Å²) < 4.78 is 12.2. The maximum absolute atomic E-state index is 13.1. The predicted octanol–water partition coefficient (Wildman–Crippen LogP) is 4.38. The molecule has 0 aliphatic carbocycles. The molecule has 0 fully saturated rings. The molecule has 162 valence electrons. The summed E-state index contributed by atoms with van der Waals surface area (Å²) in [6.45, 7) is 0.324. The van der Waals surface area contributed by atoms with E-state index in [0.717, 1.165) is 11.3 Å². The summed E-state index contributed by atoms with van der Waals surface area (Å²) in [6.07, 6.45) is 0. The first-order valence-electron chi connectivity index (χ1n) is 9.84. The van der Waals surface area contributed by atoms with E-state index in [4.69, 9.17) is 21.7 Å². The van der Waals surface area contributed by atoms with Crippen LogP contribution in [0.2, 0.25) is 0 Å². The van der Waals surface area contributed by atoms with Crippen molar-refractivity contribution in [2.24, 2.45) is 0 Å². The van der Waals surface area contributed by atoms with Crippen LogP contribution in [0.3, 0.4) is 0 Å². The maximum atomic E-state index is 13.1. The third-order valence-electron chi connectivity index (χ3n) is 5.10. The van der Waals surface area contributed by atoms with Gasteiger partial charge in [-0.3, -0.25) is 14.2 Å². The van der Waals surface area contributed by atoms with Crippen LogP contribution in [0, 0.1) is 4.77 Å². The molecule has 0 unspecified atom stereocenters. The van der Waals surface area contributed by atoms with Crippen LogP contribution in [0.15, 0.2) is 71.5 Å². The van der Waals surface area contributed by atoms with Crippen LogP contribution >= 0.6 is 12.2 Å². The molecule has 4 rings (SSSR count). The molecule has 0 saturated carbocycles. The third-order valence-corrected chi connectivity index (χ3v) is 5.42. The van der Waals surface area contributed by atoms with Crippen LogP contribution < -0.4 is 20.3 Å². The van der Waals surface area contributed by atoms with E-state index < -0.39 is 0 Å². The Labute approximate surface area is 189 Å². The van der Waals surface area contributed by atoms with Crippen LogP contribution in [-0.4, -0.2) is 29.7 Å². The van der Waals surface area contributed by atoms with Gasteiger partial charge in [-0.2, -0.15) is 0 Å². The molecular weight excluding hydrogens is 426 g/mol. The predicted molar refractivity (Wildman–Crippen MR) is 126 cm³/mol. The topological polar surface area (TPSA) is 85.3 Å². The van der Waals surface area contributed by atoms with E-state index in [-0.39, 0.29) is 16.2 Å². The van der Waals surface area contributed by atoms with Gasteiger partial charge in [0.05, 0.1) is 37.4 Å². The molecule has 0 saturated heterocycles. The zero-order valence-electron chi connectivity index (χ0n) is 17.5. The van der Waals surface area contributed by atoms with Gasteiger partial charge in [-0.25, -0.2) is 0 Å². The third kappa shape index (κ3) is 4.26. The number of rotatable bonds is 6. The highest BCUT2D eigenvalue weighted by Gasteiger charge is 2.13. The van der Waals surface area contributed by atoms with Gasteiger partial charge in [0.1, 0.15) is 11.5 Å². The van der Waals surface area contributed by atoms with Gasteiger partial charge in [0.15, 0.2) is 4.77 Å². The Bertz CT molecular complexity index is 1410. The number of ether oxygens (including phenoxy) is 2. The van der Waals surface area contributed by atoms with Gasteiger partial charge in [0.2, 0.25) is 0 Å². The smallest absolute Gasteiger partial charge is 0.262 e. The molecule has 3 aromatic carbocycles. The second-order valence-electron chi connectivity index (χ2n) is 7.08. The first kappa shape index (κ1) is 21.3. The summed E-state index contributed by atoms with van der Waals surface area (Å²) >= 11 is 5.43. The first-order valence-corrected chi connectivity index (χ1v) is 10.2. The zero-order valence-corrected chi connectivity index (χ0v) is 18.4. The molecule has 0 radical (unpaired) electrons. The summed E-state index contributed by atoms with van der Waals surface area (Å²) in [5, 5.41) is 3.27. The number of methoxy groups -OCH3 is 2. The van der Waals surface area contributed by atoms with Crippen molar-refractivity contribution < 1.29 is 14.3 Å². The second-order valence-corrected chi connectivity index (χ2v) is 7.47. The van der Waals surface area contributed by atoms with Crippen molar-refractivity contribution in [3.8, 4) is 11.5 Å². The molecular formula is C24H21N3O4S. The average molecular weight is 448 g/mol. The Hall–Kier alpha value is -3.91. The number of hydrogen-bond donors (Lipinski definition) is 2. The quantitative estimate of drug-likeness (QED) is 0.429. The van der Waals surface area contributed by atoms with Crippen LogP contribution in [0.1, 0.15) is 15.9 Å². The fraction of sp³-hybridized carbons (Fsp3) is 0.125. The number of nitrogens with one attached hydrogen (secondary N) is 2. The maximum Gasteiger partial charge on any atom is 0.262 e. The summed E-state index contributed by atoms with van der Waals surface area (Å²) in [6, 6.07) is 19.4. The van der Waals surface area contributed by atoms with Crippen molar-refractivity contribution in [3.63, 3.8) is 0 Å². The van der Waals surface area contributed by atoms with Crippen LogP contribution in [0.5, 0.6) is 11.5 Å². The lowest BCUT2D eigenvalue weighted by molar-refractivity contribution is 0.102. The summed E-state index contributed by atoms with van der Waals surface area (Å²) in [5.41, 5.74) is 2.14. The molecule has 1 aromatic heterocycles. The highest BCUT2D eigenvalue weighted by atomic mass is 32.1. The molecule has 0 aliphatic rings. The molecule has 4 aromatic rings. The SMILES string of the molecule is COc1ccc(Cn2c(=S)[nH]c3cc(C(=O)Nc4ccccc4OC)ccc3c2=O)cc1. The van der Waals surface area contributed by atoms with Gasteiger partial charge in [-0.1, -0.05) is 24.3 Å². The van der Waals surface area contributed by atoms with E-state index in [9.17, 15) is 9.59 Å². The number of H-pyrrole nitrogens is 1. The Morgan fingerprint density at radius 3 is 2.50 bits per heavy atom. The number of aromatic nitrogens is 2. The van der Waals surface area contributed by atoms with Crippen molar-refractivity contribution in [3.05, 3.63) is 93.0 Å². The van der Waals surface area contributed by atoms with Crippen molar-refractivity contribution in [1.29, 1.82) is 0 Å². The number of amides is 1. The number of benzene rings is 3. The van der Waals surface area contributed by atoms with Crippen LogP contribution in [-0.2, 0) is 6.54 Å². The Kier molecular flexibility index (Phi) is 6.04. The van der Waals surface area contributed by atoms with Gasteiger partial charge in [-0.15, -0.1) is 0 Å². The molecule has 2 N–H and O–H groups in total. The van der Waals surface area contributed by atoms with Gasteiger partial charge in [0, 0.05) is 5.56 Å². The lowest BCUT2D eigenvalue weighted by Crippen LogP contribution is -2.23. The highest BCUT2D eigenvalue weighted by molar-refractivity contribution is 7.71. The minimum absolute atomic E-state index is 0.226. The number of fused-ring (bicyclic) bond motifs is 1. The number of carbonyl (C=O) groups is 1. The Balaban J connectivity index is 1.65. The van der Waals surface area contributed by atoms with Crippen molar-refractivity contribution >= 4 is 34.7 Å². The fourth-order valence-electron chi connectivity index (χ4n) is 3.40. The van der Waals surface area contributed by atoms with Gasteiger partial charge >= 0.3 is 0 Å². The monoisotopic (exact) mass is 447 g/mol. The minimum atomic E-state index is -0.321. The van der Waals surface area contributed by atoms with Gasteiger partial charge in [0.25, 0.3) is 11.5 Å². The highest BCUT2D eigenvalue weighted by Crippen LogP contribution is 2.24. The van der Waals surface area contributed by atoms with Crippen molar-refractivity contribution in [2.45, 2.75) is 6.54 Å². The van der Waals surface area contributed by atoms with Gasteiger partial charge < -0.3 is 19.8 Å². The van der Waals surface area contributed by atoms with Gasteiger partial charge in [-0.05, 0) is 60.2 Å². The number of carbonyl (C=O) groups excluding carboxylic acids is 1. The summed E-state index contributed by atoms with van der Waals surface area (Å²) in [7, 11) is 3.14. The van der Waals surface area contributed by atoms with E-state index in [1.807, 2.05) is 30.3 Å². The normalized spacial score (nSPS) is 10.7. The van der Waals surface area contributed by atoms with E-state index in [1.165, 1.54) is 11.7 Å². The summed E-state index contributed by atoms with van der Waals surface area (Å²) in [4.78, 5) is 28.9. The number of hydrogen-bond acceptors (Lipinski definition) is 5. The van der Waals surface area contributed by atoms with Crippen molar-refractivity contribution in [2.75, 3.05) is 19.5 Å². The number of aromatic amines is 1.